The number of rotatable bonds is 5. The Hall–Kier alpha value is -0.410. The average molecular weight is 243 g/mol. The van der Waals surface area contributed by atoms with Gasteiger partial charge in [0.25, 0.3) is 0 Å². The van der Waals surface area contributed by atoms with Gasteiger partial charge in [-0.25, -0.2) is 0 Å². The number of pyridine rings is 1. The Morgan fingerprint density at radius 2 is 2.08 bits per heavy atom. The van der Waals surface area contributed by atoms with E-state index >= 15 is 0 Å². The maximum absolute atomic E-state index is 10.2. The van der Waals surface area contributed by atoms with Gasteiger partial charge < -0.3 is 5.11 Å². The molecule has 0 aliphatic carbocycles. The van der Waals surface area contributed by atoms with E-state index in [4.69, 9.17) is 0 Å². The van der Waals surface area contributed by atoms with E-state index in [1.165, 1.54) is 0 Å². The normalized spacial score (nSPS) is 10.3. The van der Waals surface area contributed by atoms with Gasteiger partial charge in [-0.1, -0.05) is 12.8 Å². The van der Waals surface area contributed by atoms with Crippen LogP contribution in [0.2, 0.25) is 0 Å². The maximum atomic E-state index is 10.2. The van der Waals surface area contributed by atoms with Gasteiger partial charge in [0.05, 0.1) is 0 Å². The third kappa shape index (κ3) is 4.39. The van der Waals surface area contributed by atoms with Gasteiger partial charge in [0.15, 0.2) is 0 Å². The van der Waals surface area contributed by atoms with Crippen LogP contribution in [0.25, 0.3) is 0 Å². The fourth-order valence-electron chi connectivity index (χ4n) is 1.14. The van der Waals surface area contributed by atoms with Crippen molar-refractivity contribution in [2.75, 3.05) is 6.61 Å². The summed E-state index contributed by atoms with van der Waals surface area (Å²) in [5.41, 5.74) is 1.11. The summed E-state index contributed by atoms with van der Waals surface area (Å²) < 4.78 is 1.01. The quantitative estimate of drug-likeness (QED) is 0.740. The molecule has 1 aromatic rings. The van der Waals surface area contributed by atoms with E-state index in [1.54, 1.807) is 0 Å². The second-order valence-corrected chi connectivity index (χ2v) is 3.90. The molecule has 0 aliphatic heterocycles. The number of unbranched alkanes of at least 4 members (excludes halogenated alkanes) is 2. The number of hydrogen-bond donors (Lipinski definition) is 0. The molecule has 2 nitrogen and oxygen atoms in total. The first-order valence-corrected chi connectivity index (χ1v) is 5.31. The van der Waals surface area contributed by atoms with Crippen LogP contribution in [-0.2, 0) is 6.42 Å². The molecule has 13 heavy (non-hydrogen) atoms. The molecule has 0 aromatic carbocycles. The van der Waals surface area contributed by atoms with E-state index in [9.17, 15) is 5.11 Å². The molecule has 0 saturated heterocycles. The van der Waals surface area contributed by atoms with Crippen molar-refractivity contribution in [2.24, 2.45) is 0 Å². The zero-order valence-electron chi connectivity index (χ0n) is 7.50. The second kappa shape index (κ2) is 6.11. The Bertz CT molecular complexity index is 235. The summed E-state index contributed by atoms with van der Waals surface area (Å²) >= 11 is 3.33. The van der Waals surface area contributed by atoms with Crippen molar-refractivity contribution in [3.8, 4) is 0 Å². The fourth-order valence-corrected chi connectivity index (χ4v) is 1.37. The lowest BCUT2D eigenvalue weighted by Crippen LogP contribution is -2.04. The van der Waals surface area contributed by atoms with E-state index in [-0.39, 0.29) is 6.61 Å². The molecule has 72 valence electrons. The smallest absolute Gasteiger partial charge is 0.0413 e. The molecule has 0 bridgehead atoms. The van der Waals surface area contributed by atoms with Crippen molar-refractivity contribution >= 4 is 15.9 Å². The van der Waals surface area contributed by atoms with E-state index in [0.29, 0.717) is 0 Å². The highest BCUT2D eigenvalue weighted by molar-refractivity contribution is 9.10. The topological polar surface area (TPSA) is 36.0 Å². The van der Waals surface area contributed by atoms with Crippen LogP contribution < -0.4 is 5.11 Å². The first kappa shape index (κ1) is 10.7. The Morgan fingerprint density at radius 3 is 2.69 bits per heavy atom. The summed E-state index contributed by atoms with van der Waals surface area (Å²) in [6, 6.07) is 4.01. The Balaban J connectivity index is 2.25. The second-order valence-electron chi connectivity index (χ2n) is 2.98. The van der Waals surface area contributed by atoms with E-state index in [2.05, 4.69) is 20.9 Å². The molecule has 0 atom stereocenters. The first-order chi connectivity index (χ1) is 6.33. The van der Waals surface area contributed by atoms with Crippen molar-refractivity contribution in [1.82, 2.24) is 4.98 Å². The highest BCUT2D eigenvalue weighted by Gasteiger charge is 1.93. The minimum atomic E-state index is 0.0494. The largest absolute Gasteiger partial charge is 0.854 e. The summed E-state index contributed by atoms with van der Waals surface area (Å²) in [6.45, 7) is 0.0494. The fraction of sp³-hybridized carbons (Fsp3) is 0.500. The van der Waals surface area contributed by atoms with Gasteiger partial charge in [0, 0.05) is 16.4 Å². The molecule has 0 radical (unpaired) electrons. The molecule has 3 heteroatoms. The van der Waals surface area contributed by atoms with Crippen LogP contribution in [0.5, 0.6) is 0 Å². The lowest BCUT2D eigenvalue weighted by molar-refractivity contribution is -0.368. The van der Waals surface area contributed by atoms with Gasteiger partial charge in [0.1, 0.15) is 0 Å². The molecular formula is C10H13BrNO-. The number of halogens is 1. The van der Waals surface area contributed by atoms with Crippen LogP contribution in [-0.4, -0.2) is 11.6 Å². The molecule has 1 heterocycles. The van der Waals surface area contributed by atoms with Gasteiger partial charge in [0.2, 0.25) is 0 Å². The highest BCUT2D eigenvalue weighted by atomic mass is 79.9. The van der Waals surface area contributed by atoms with E-state index < -0.39 is 0 Å². The zero-order valence-corrected chi connectivity index (χ0v) is 9.09. The van der Waals surface area contributed by atoms with Crippen molar-refractivity contribution in [3.63, 3.8) is 0 Å². The van der Waals surface area contributed by atoms with Gasteiger partial charge in [-0.15, -0.1) is 6.61 Å². The molecule has 0 aliphatic rings. The van der Waals surface area contributed by atoms with Crippen molar-refractivity contribution in [1.29, 1.82) is 0 Å². The van der Waals surface area contributed by atoms with Gasteiger partial charge in [-0.05, 0) is 40.9 Å². The number of aromatic nitrogens is 1. The molecular weight excluding hydrogens is 230 g/mol. The summed E-state index contributed by atoms with van der Waals surface area (Å²) in [4.78, 5) is 4.25. The van der Waals surface area contributed by atoms with Gasteiger partial charge >= 0.3 is 0 Å². The Morgan fingerprint density at radius 1 is 1.23 bits per heavy atom. The third-order valence-electron chi connectivity index (χ3n) is 1.87. The highest BCUT2D eigenvalue weighted by Crippen LogP contribution is 2.09. The average Bonchev–Trinajstić information content (AvgIpc) is 2.15. The number of nitrogens with zero attached hydrogens (tertiary/aromatic N) is 1. The van der Waals surface area contributed by atoms with Crippen LogP contribution in [0.15, 0.2) is 22.8 Å². The summed E-state index contributed by atoms with van der Waals surface area (Å²) in [7, 11) is 0. The zero-order chi connectivity index (χ0) is 9.52. The minimum Gasteiger partial charge on any atom is -0.854 e. The lowest BCUT2D eigenvalue weighted by atomic mass is 10.1. The molecule has 0 amide bonds. The molecule has 0 saturated carbocycles. The predicted octanol–water partition coefficient (Wildman–Crippen LogP) is 1.92. The molecule has 1 aromatic heterocycles. The van der Waals surface area contributed by atoms with Crippen LogP contribution in [0.4, 0.5) is 0 Å². The van der Waals surface area contributed by atoms with Crippen LogP contribution in [0, 0.1) is 0 Å². The Kier molecular flexibility index (Phi) is 5.01. The monoisotopic (exact) mass is 242 g/mol. The molecule has 1 rings (SSSR count). The molecule has 0 fully saturated rings. The number of hydrogen-bond acceptors (Lipinski definition) is 2. The lowest BCUT2D eigenvalue weighted by Gasteiger charge is -2.03. The van der Waals surface area contributed by atoms with Crippen molar-refractivity contribution < 1.29 is 5.11 Å². The third-order valence-corrected chi connectivity index (χ3v) is 2.33. The molecule has 0 unspecified atom stereocenters. The summed E-state index contributed by atoms with van der Waals surface area (Å²) in [6.07, 6.45) is 5.66. The number of aryl methyl sites for hydroxylation is 1. The standard InChI is InChI=1S/C10H13BrNO/c11-9-5-6-10(12-8-9)4-2-1-3-7-13/h5-6,8H,1-4,7H2/q-1. The van der Waals surface area contributed by atoms with E-state index in [1.807, 2.05) is 18.3 Å². The SMILES string of the molecule is [O-]CCCCCc1ccc(Br)cn1. The minimum absolute atomic E-state index is 0.0494. The van der Waals surface area contributed by atoms with Gasteiger partial charge in [-0.3, -0.25) is 4.98 Å². The van der Waals surface area contributed by atoms with E-state index in [0.717, 1.165) is 35.8 Å². The Labute approximate surface area is 87.1 Å². The molecule has 0 N–H and O–H groups in total. The van der Waals surface area contributed by atoms with Gasteiger partial charge in [-0.2, -0.15) is 0 Å². The first-order valence-electron chi connectivity index (χ1n) is 4.51. The van der Waals surface area contributed by atoms with Crippen LogP contribution >= 0.6 is 15.9 Å². The predicted molar refractivity (Wildman–Crippen MR) is 54.4 cm³/mol. The molecule has 0 spiro atoms. The van der Waals surface area contributed by atoms with Crippen LogP contribution in [0.3, 0.4) is 0 Å². The van der Waals surface area contributed by atoms with Crippen molar-refractivity contribution in [3.05, 3.63) is 28.5 Å². The summed E-state index contributed by atoms with van der Waals surface area (Å²) in [5, 5.41) is 10.2. The van der Waals surface area contributed by atoms with Crippen LogP contribution in [0.1, 0.15) is 25.0 Å². The van der Waals surface area contributed by atoms with Crippen molar-refractivity contribution in [2.45, 2.75) is 25.7 Å². The summed E-state index contributed by atoms with van der Waals surface area (Å²) in [5.74, 6) is 0. The maximum Gasteiger partial charge on any atom is 0.0413 e.